The lowest BCUT2D eigenvalue weighted by Crippen LogP contribution is -2.21. The van der Waals surface area contributed by atoms with Crippen LogP contribution in [0.4, 0.5) is 13.2 Å². The Morgan fingerprint density at radius 2 is 1.81 bits per heavy atom. The first-order chi connectivity index (χ1) is 7.21. The van der Waals surface area contributed by atoms with E-state index < -0.39 is 17.3 Å². The molecule has 1 heterocycles. The highest BCUT2D eigenvalue weighted by Gasteiger charge is 2.43. The Morgan fingerprint density at radius 3 is 2.19 bits per heavy atom. The predicted octanol–water partition coefficient (Wildman–Crippen LogP) is 3.53. The first-order valence-corrected chi connectivity index (χ1v) is 5.36. The van der Waals surface area contributed by atoms with E-state index in [4.69, 9.17) is 0 Å². The first-order valence-electron chi connectivity index (χ1n) is 5.36. The summed E-state index contributed by atoms with van der Waals surface area (Å²) in [6, 6.07) is -0.0484. The summed E-state index contributed by atoms with van der Waals surface area (Å²) < 4.78 is 40.2. The standard InChI is InChI=1S/C11H15F3N2/c1-10(2,3)8-6-15-16(7-4-5-7)9(8)11(12,13)14/h6-7H,4-5H2,1-3H3. The van der Waals surface area contributed by atoms with Crippen LogP contribution < -0.4 is 0 Å². The van der Waals surface area contributed by atoms with Gasteiger partial charge in [-0.15, -0.1) is 0 Å². The quantitative estimate of drug-likeness (QED) is 0.724. The third kappa shape index (κ3) is 1.95. The summed E-state index contributed by atoms with van der Waals surface area (Å²) in [6.07, 6.45) is -1.36. The fourth-order valence-electron chi connectivity index (χ4n) is 1.79. The molecular formula is C11H15F3N2. The summed E-state index contributed by atoms with van der Waals surface area (Å²) in [6.45, 7) is 5.32. The molecule has 1 aromatic rings. The van der Waals surface area contributed by atoms with Crippen molar-refractivity contribution in [2.24, 2.45) is 0 Å². The van der Waals surface area contributed by atoms with Crippen molar-refractivity contribution in [2.75, 3.05) is 0 Å². The lowest BCUT2D eigenvalue weighted by Gasteiger charge is -2.21. The summed E-state index contributed by atoms with van der Waals surface area (Å²) in [4.78, 5) is 0. The fourth-order valence-corrected chi connectivity index (χ4v) is 1.79. The minimum absolute atomic E-state index is 0.0484. The molecule has 0 aliphatic heterocycles. The van der Waals surface area contributed by atoms with Gasteiger partial charge in [-0.25, -0.2) is 0 Å². The molecule has 5 heteroatoms. The van der Waals surface area contributed by atoms with Crippen LogP contribution in [0.25, 0.3) is 0 Å². The van der Waals surface area contributed by atoms with Gasteiger partial charge in [0.1, 0.15) is 5.69 Å². The van der Waals surface area contributed by atoms with Crippen LogP contribution in [0.1, 0.15) is 50.9 Å². The van der Waals surface area contributed by atoms with Crippen LogP contribution in [0.3, 0.4) is 0 Å². The topological polar surface area (TPSA) is 17.8 Å². The zero-order valence-corrected chi connectivity index (χ0v) is 9.60. The highest BCUT2D eigenvalue weighted by Crippen LogP contribution is 2.43. The largest absolute Gasteiger partial charge is 0.433 e. The molecule has 1 fully saturated rings. The number of nitrogens with zero attached hydrogens (tertiary/aromatic N) is 2. The van der Waals surface area contributed by atoms with Gasteiger partial charge in [0.25, 0.3) is 0 Å². The average molecular weight is 232 g/mol. The van der Waals surface area contributed by atoms with Crippen LogP contribution in [0, 0.1) is 0 Å². The summed E-state index contributed by atoms with van der Waals surface area (Å²) in [5.41, 5.74) is -0.813. The molecule has 1 saturated carbocycles. The summed E-state index contributed by atoms with van der Waals surface area (Å²) in [5, 5.41) is 3.91. The minimum atomic E-state index is -4.32. The Labute approximate surface area is 92.4 Å². The van der Waals surface area contributed by atoms with Crippen LogP contribution in [-0.4, -0.2) is 9.78 Å². The van der Waals surface area contributed by atoms with Gasteiger partial charge in [0, 0.05) is 5.56 Å². The van der Waals surface area contributed by atoms with E-state index in [9.17, 15) is 13.2 Å². The molecule has 0 saturated heterocycles. The molecule has 0 unspecified atom stereocenters. The lowest BCUT2D eigenvalue weighted by atomic mass is 9.87. The van der Waals surface area contributed by atoms with Gasteiger partial charge in [0.15, 0.2) is 0 Å². The summed E-state index contributed by atoms with van der Waals surface area (Å²) in [7, 11) is 0. The van der Waals surface area contributed by atoms with Crippen LogP contribution in [-0.2, 0) is 11.6 Å². The molecule has 0 radical (unpaired) electrons. The van der Waals surface area contributed by atoms with Crippen LogP contribution in [0.15, 0.2) is 6.20 Å². The number of hydrogen-bond acceptors (Lipinski definition) is 1. The van der Waals surface area contributed by atoms with E-state index in [0.29, 0.717) is 0 Å². The molecule has 0 N–H and O–H groups in total. The zero-order chi connectivity index (χ0) is 12.1. The zero-order valence-electron chi connectivity index (χ0n) is 9.60. The van der Waals surface area contributed by atoms with E-state index in [-0.39, 0.29) is 11.6 Å². The second-order valence-corrected chi connectivity index (χ2v) is 5.33. The van der Waals surface area contributed by atoms with Crippen molar-refractivity contribution in [2.45, 2.75) is 51.2 Å². The average Bonchev–Trinajstić information content (AvgIpc) is 2.79. The monoisotopic (exact) mass is 232 g/mol. The molecule has 1 aliphatic carbocycles. The second kappa shape index (κ2) is 3.25. The minimum Gasteiger partial charge on any atom is -0.257 e. The third-order valence-electron chi connectivity index (χ3n) is 2.76. The Kier molecular flexibility index (Phi) is 2.33. The Balaban J connectivity index is 2.54. The van der Waals surface area contributed by atoms with Gasteiger partial charge in [0.05, 0.1) is 12.2 Å². The van der Waals surface area contributed by atoms with Gasteiger partial charge in [-0.3, -0.25) is 4.68 Å². The molecular weight excluding hydrogens is 217 g/mol. The van der Waals surface area contributed by atoms with E-state index in [1.807, 2.05) is 0 Å². The summed E-state index contributed by atoms with van der Waals surface area (Å²) in [5.74, 6) is 0. The molecule has 1 aromatic heterocycles. The molecule has 0 amide bonds. The Hall–Kier alpha value is -1.00. The molecule has 90 valence electrons. The predicted molar refractivity (Wildman–Crippen MR) is 54.2 cm³/mol. The van der Waals surface area contributed by atoms with E-state index in [1.165, 1.54) is 6.20 Å². The summed E-state index contributed by atoms with van der Waals surface area (Å²) >= 11 is 0. The number of rotatable bonds is 1. The maximum absolute atomic E-state index is 13.0. The van der Waals surface area contributed by atoms with Crippen molar-refractivity contribution in [1.29, 1.82) is 0 Å². The van der Waals surface area contributed by atoms with Crippen molar-refractivity contribution in [3.05, 3.63) is 17.5 Å². The highest BCUT2D eigenvalue weighted by molar-refractivity contribution is 5.29. The number of alkyl halides is 3. The lowest BCUT2D eigenvalue weighted by molar-refractivity contribution is -0.145. The van der Waals surface area contributed by atoms with E-state index in [1.54, 1.807) is 20.8 Å². The van der Waals surface area contributed by atoms with Gasteiger partial charge >= 0.3 is 6.18 Å². The molecule has 1 aliphatic rings. The SMILES string of the molecule is CC(C)(C)c1cnn(C2CC2)c1C(F)(F)F. The third-order valence-corrected chi connectivity index (χ3v) is 2.76. The smallest absolute Gasteiger partial charge is 0.257 e. The Bertz CT molecular complexity index is 394. The van der Waals surface area contributed by atoms with E-state index >= 15 is 0 Å². The van der Waals surface area contributed by atoms with Crippen LogP contribution >= 0.6 is 0 Å². The maximum atomic E-state index is 13.0. The van der Waals surface area contributed by atoms with Crippen molar-refractivity contribution < 1.29 is 13.2 Å². The number of hydrogen-bond donors (Lipinski definition) is 0. The van der Waals surface area contributed by atoms with Gasteiger partial charge in [-0.1, -0.05) is 20.8 Å². The molecule has 0 atom stereocenters. The normalized spacial score (nSPS) is 17.9. The van der Waals surface area contributed by atoms with E-state index in [0.717, 1.165) is 17.5 Å². The van der Waals surface area contributed by atoms with Gasteiger partial charge in [-0.2, -0.15) is 18.3 Å². The number of aromatic nitrogens is 2. The van der Waals surface area contributed by atoms with Crippen LogP contribution in [0.5, 0.6) is 0 Å². The molecule has 16 heavy (non-hydrogen) atoms. The van der Waals surface area contributed by atoms with Crippen molar-refractivity contribution in [3.8, 4) is 0 Å². The van der Waals surface area contributed by atoms with Gasteiger partial charge in [0.2, 0.25) is 0 Å². The highest BCUT2D eigenvalue weighted by atomic mass is 19.4. The fraction of sp³-hybridized carbons (Fsp3) is 0.727. The molecule has 2 rings (SSSR count). The second-order valence-electron chi connectivity index (χ2n) is 5.33. The molecule has 0 aromatic carbocycles. The molecule has 0 bridgehead atoms. The van der Waals surface area contributed by atoms with Crippen LogP contribution in [0.2, 0.25) is 0 Å². The van der Waals surface area contributed by atoms with Crippen molar-refractivity contribution in [1.82, 2.24) is 9.78 Å². The van der Waals surface area contributed by atoms with E-state index in [2.05, 4.69) is 5.10 Å². The number of halogens is 3. The molecule has 0 spiro atoms. The molecule has 2 nitrogen and oxygen atoms in total. The van der Waals surface area contributed by atoms with Crippen molar-refractivity contribution >= 4 is 0 Å². The first kappa shape index (κ1) is 11.5. The maximum Gasteiger partial charge on any atom is 0.433 e. The van der Waals surface area contributed by atoms with Crippen molar-refractivity contribution in [3.63, 3.8) is 0 Å². The van der Waals surface area contributed by atoms with Gasteiger partial charge in [-0.05, 0) is 18.3 Å². The Morgan fingerprint density at radius 1 is 1.25 bits per heavy atom. The van der Waals surface area contributed by atoms with Gasteiger partial charge < -0.3 is 0 Å².